The number of hydrogen-bond acceptors (Lipinski definition) is 2. The van der Waals surface area contributed by atoms with E-state index in [1.54, 1.807) is 18.6 Å². The number of halogens is 2. The van der Waals surface area contributed by atoms with E-state index in [0.717, 1.165) is 13.0 Å². The molecule has 0 saturated carbocycles. The van der Waals surface area contributed by atoms with Gasteiger partial charge in [0.05, 0.1) is 11.3 Å². The lowest BCUT2D eigenvalue weighted by Gasteiger charge is -2.03. The zero-order valence-corrected chi connectivity index (χ0v) is 12.1. The summed E-state index contributed by atoms with van der Waals surface area (Å²) in [5.41, 5.74) is 0.215. The van der Waals surface area contributed by atoms with Crippen molar-refractivity contribution in [3.8, 4) is 0 Å². The monoisotopic (exact) mass is 307 g/mol. The van der Waals surface area contributed by atoms with Crippen LogP contribution in [-0.2, 0) is 11.3 Å². The average molecular weight is 308 g/mol. The summed E-state index contributed by atoms with van der Waals surface area (Å²) in [5, 5.41) is 3.01. The van der Waals surface area contributed by atoms with Gasteiger partial charge in [0.1, 0.15) is 5.82 Å². The van der Waals surface area contributed by atoms with Crippen LogP contribution in [0.3, 0.4) is 0 Å². The van der Waals surface area contributed by atoms with E-state index in [-0.39, 0.29) is 16.5 Å². The lowest BCUT2D eigenvalue weighted by molar-refractivity contribution is -0.116. The minimum atomic E-state index is -0.452. The summed E-state index contributed by atoms with van der Waals surface area (Å²) in [6.07, 6.45) is 8.74. The van der Waals surface area contributed by atoms with Gasteiger partial charge in [-0.3, -0.25) is 4.79 Å². The van der Waals surface area contributed by atoms with Gasteiger partial charge in [-0.2, -0.15) is 0 Å². The Morgan fingerprint density at radius 3 is 3.05 bits per heavy atom. The number of aromatic nitrogens is 2. The second-order valence-corrected chi connectivity index (χ2v) is 4.82. The Kier molecular flexibility index (Phi) is 5.51. The largest absolute Gasteiger partial charge is 0.352 e. The van der Waals surface area contributed by atoms with E-state index >= 15 is 0 Å². The maximum atomic E-state index is 13.5. The molecule has 0 fully saturated rings. The van der Waals surface area contributed by atoms with Gasteiger partial charge >= 0.3 is 0 Å². The second-order valence-electron chi connectivity index (χ2n) is 4.41. The Morgan fingerprint density at radius 1 is 1.48 bits per heavy atom. The van der Waals surface area contributed by atoms with Crippen LogP contribution in [0, 0.1) is 5.82 Å². The molecule has 0 atom stereocenters. The number of carbonyl (C=O) groups excluding carboxylic acids is 1. The van der Waals surface area contributed by atoms with Crippen molar-refractivity contribution >= 4 is 23.6 Å². The van der Waals surface area contributed by atoms with E-state index in [2.05, 4.69) is 10.3 Å². The molecule has 110 valence electrons. The van der Waals surface area contributed by atoms with E-state index in [1.165, 1.54) is 24.3 Å². The molecule has 1 aromatic carbocycles. The topological polar surface area (TPSA) is 46.9 Å². The number of nitrogens with zero attached hydrogens (tertiary/aromatic N) is 2. The summed E-state index contributed by atoms with van der Waals surface area (Å²) < 4.78 is 15.4. The third-order valence-electron chi connectivity index (χ3n) is 2.85. The Labute approximate surface area is 127 Å². The molecule has 1 heterocycles. The molecule has 1 N–H and O–H groups in total. The van der Waals surface area contributed by atoms with Crippen LogP contribution in [-0.4, -0.2) is 22.0 Å². The summed E-state index contributed by atoms with van der Waals surface area (Å²) in [6.45, 7) is 1.31. The van der Waals surface area contributed by atoms with Crippen LogP contribution >= 0.6 is 11.6 Å². The number of carbonyl (C=O) groups is 1. The van der Waals surface area contributed by atoms with Gasteiger partial charge in [0.15, 0.2) is 0 Å². The zero-order valence-electron chi connectivity index (χ0n) is 11.3. The molecule has 6 heteroatoms. The molecular formula is C15H15ClFN3O. The van der Waals surface area contributed by atoms with Gasteiger partial charge in [0, 0.05) is 37.1 Å². The SMILES string of the molecule is O=C(C=Cc1c(F)cccc1Cl)NCCCn1ccnc1. The molecule has 0 unspecified atom stereocenters. The highest BCUT2D eigenvalue weighted by Gasteiger charge is 2.03. The van der Waals surface area contributed by atoms with Gasteiger partial charge in [-0.05, 0) is 24.6 Å². The van der Waals surface area contributed by atoms with Crippen molar-refractivity contribution in [2.24, 2.45) is 0 Å². The Morgan fingerprint density at radius 2 is 2.33 bits per heavy atom. The standard InChI is InChI=1S/C15H15ClFN3O/c16-13-3-1-4-14(17)12(13)5-6-15(21)19-7-2-9-20-10-8-18-11-20/h1,3-6,8,10-11H,2,7,9H2,(H,19,21). The first-order valence-electron chi connectivity index (χ1n) is 6.52. The van der Waals surface area contributed by atoms with Crippen molar-refractivity contribution in [1.82, 2.24) is 14.9 Å². The smallest absolute Gasteiger partial charge is 0.244 e. The molecule has 0 saturated heterocycles. The predicted octanol–water partition coefficient (Wildman–Crippen LogP) is 2.90. The minimum Gasteiger partial charge on any atom is -0.352 e. The molecule has 0 radical (unpaired) electrons. The van der Waals surface area contributed by atoms with Crippen molar-refractivity contribution in [2.75, 3.05) is 6.54 Å². The van der Waals surface area contributed by atoms with Crippen LogP contribution in [0.25, 0.3) is 6.08 Å². The third kappa shape index (κ3) is 4.72. The van der Waals surface area contributed by atoms with E-state index in [0.29, 0.717) is 6.54 Å². The van der Waals surface area contributed by atoms with Crippen molar-refractivity contribution in [3.63, 3.8) is 0 Å². The van der Waals surface area contributed by atoms with Crippen LogP contribution < -0.4 is 5.32 Å². The van der Waals surface area contributed by atoms with Crippen LogP contribution in [0.2, 0.25) is 5.02 Å². The highest BCUT2D eigenvalue weighted by atomic mass is 35.5. The van der Waals surface area contributed by atoms with Crippen molar-refractivity contribution in [3.05, 3.63) is 59.4 Å². The summed E-state index contributed by atoms with van der Waals surface area (Å²) in [7, 11) is 0. The maximum absolute atomic E-state index is 13.5. The molecule has 0 spiro atoms. The number of aryl methyl sites for hydroxylation is 1. The molecule has 2 rings (SSSR count). The van der Waals surface area contributed by atoms with Crippen LogP contribution in [0.1, 0.15) is 12.0 Å². The first-order chi connectivity index (χ1) is 10.2. The molecule has 0 aliphatic rings. The summed E-state index contributed by atoms with van der Waals surface area (Å²) in [5.74, 6) is -0.730. The summed E-state index contributed by atoms with van der Waals surface area (Å²) in [6, 6.07) is 4.40. The van der Waals surface area contributed by atoms with Crippen LogP contribution in [0.15, 0.2) is 43.0 Å². The Balaban J connectivity index is 1.77. The normalized spacial score (nSPS) is 11.0. The lowest BCUT2D eigenvalue weighted by Crippen LogP contribution is -2.23. The first kappa shape index (κ1) is 15.3. The van der Waals surface area contributed by atoms with Gasteiger partial charge in [-0.15, -0.1) is 0 Å². The maximum Gasteiger partial charge on any atom is 0.244 e. The zero-order chi connectivity index (χ0) is 15.1. The third-order valence-corrected chi connectivity index (χ3v) is 3.18. The average Bonchev–Trinajstić information content (AvgIpc) is 2.96. The number of rotatable bonds is 6. The van der Waals surface area contributed by atoms with Crippen molar-refractivity contribution in [2.45, 2.75) is 13.0 Å². The Hall–Kier alpha value is -2.14. The fourth-order valence-electron chi connectivity index (χ4n) is 1.78. The number of imidazole rings is 1. The minimum absolute atomic E-state index is 0.215. The number of hydrogen-bond donors (Lipinski definition) is 1. The van der Waals surface area contributed by atoms with E-state index in [4.69, 9.17) is 11.6 Å². The van der Waals surface area contributed by atoms with Gasteiger partial charge in [0.2, 0.25) is 5.91 Å². The summed E-state index contributed by atoms with van der Waals surface area (Å²) >= 11 is 5.87. The fourth-order valence-corrected chi connectivity index (χ4v) is 2.01. The highest BCUT2D eigenvalue weighted by Crippen LogP contribution is 2.20. The van der Waals surface area contributed by atoms with Gasteiger partial charge in [0.25, 0.3) is 0 Å². The van der Waals surface area contributed by atoms with Crippen LogP contribution in [0.5, 0.6) is 0 Å². The van der Waals surface area contributed by atoms with Crippen LogP contribution in [0.4, 0.5) is 4.39 Å². The lowest BCUT2D eigenvalue weighted by atomic mass is 10.2. The van der Waals surface area contributed by atoms with Gasteiger partial charge < -0.3 is 9.88 Å². The molecule has 4 nitrogen and oxygen atoms in total. The van der Waals surface area contributed by atoms with Gasteiger partial charge in [-0.25, -0.2) is 9.37 Å². The molecule has 2 aromatic rings. The Bertz CT molecular complexity index is 606. The van der Waals surface area contributed by atoms with E-state index < -0.39 is 5.82 Å². The molecule has 0 aliphatic heterocycles. The molecule has 0 bridgehead atoms. The van der Waals surface area contributed by atoms with Crippen molar-refractivity contribution < 1.29 is 9.18 Å². The first-order valence-corrected chi connectivity index (χ1v) is 6.90. The molecule has 21 heavy (non-hydrogen) atoms. The molecular weight excluding hydrogens is 293 g/mol. The van der Waals surface area contributed by atoms with E-state index in [9.17, 15) is 9.18 Å². The predicted molar refractivity (Wildman–Crippen MR) is 80.3 cm³/mol. The number of nitrogens with one attached hydrogen (secondary N) is 1. The molecule has 1 amide bonds. The number of amides is 1. The van der Waals surface area contributed by atoms with Crippen molar-refractivity contribution in [1.29, 1.82) is 0 Å². The molecule has 0 aliphatic carbocycles. The fraction of sp³-hybridized carbons (Fsp3) is 0.200. The summed E-state index contributed by atoms with van der Waals surface area (Å²) in [4.78, 5) is 15.5. The quantitative estimate of drug-likeness (QED) is 0.659. The highest BCUT2D eigenvalue weighted by molar-refractivity contribution is 6.32. The van der Waals surface area contributed by atoms with E-state index in [1.807, 2.05) is 10.8 Å². The second kappa shape index (κ2) is 7.59. The molecule has 1 aromatic heterocycles. The number of benzene rings is 1. The van der Waals surface area contributed by atoms with Gasteiger partial charge in [-0.1, -0.05) is 17.7 Å².